The Morgan fingerprint density at radius 1 is 1.25 bits per heavy atom. The van der Waals surface area contributed by atoms with Crippen LogP contribution in [0.2, 0.25) is 0 Å². The molecule has 0 aliphatic carbocycles. The molecule has 1 amide bonds. The van der Waals surface area contributed by atoms with Crippen LogP contribution in [0.15, 0.2) is 30.3 Å². The minimum Gasteiger partial charge on any atom is -0.444 e. The molecule has 0 aromatic heterocycles. The summed E-state index contributed by atoms with van der Waals surface area (Å²) in [5.74, 6) is 0.546. The summed E-state index contributed by atoms with van der Waals surface area (Å²) in [6.07, 6.45) is 1.83. The molecule has 3 nitrogen and oxygen atoms in total. The van der Waals surface area contributed by atoms with Gasteiger partial charge < -0.3 is 9.64 Å². The second kappa shape index (κ2) is 5.86. The van der Waals surface area contributed by atoms with Crippen LogP contribution in [0.1, 0.15) is 52.0 Å². The summed E-state index contributed by atoms with van der Waals surface area (Å²) in [7, 11) is 0. The van der Waals surface area contributed by atoms with Crippen LogP contribution in [0.5, 0.6) is 0 Å². The summed E-state index contributed by atoms with van der Waals surface area (Å²) in [6, 6.07) is 10.8. The summed E-state index contributed by atoms with van der Waals surface area (Å²) in [5.41, 5.74) is 0.954. The molecule has 0 spiro atoms. The lowest BCUT2D eigenvalue weighted by molar-refractivity contribution is 0.0103. The van der Waals surface area contributed by atoms with Gasteiger partial charge in [-0.25, -0.2) is 4.79 Å². The highest BCUT2D eigenvalue weighted by Gasteiger charge is 2.32. The molecule has 2 atom stereocenters. The maximum Gasteiger partial charge on any atom is 0.410 e. The predicted octanol–water partition coefficient (Wildman–Crippen LogP) is 4.19. The first kappa shape index (κ1) is 14.9. The van der Waals surface area contributed by atoms with Crippen molar-refractivity contribution >= 4 is 6.09 Å². The molecule has 2 rings (SSSR count). The number of carbonyl (C=O) groups is 1. The molecule has 0 N–H and O–H groups in total. The number of likely N-dealkylation sites (tertiary alicyclic amines) is 1. The molecule has 3 heteroatoms. The molecule has 1 aliphatic rings. The predicted molar refractivity (Wildman–Crippen MR) is 80.8 cm³/mol. The van der Waals surface area contributed by atoms with E-state index in [2.05, 4.69) is 31.2 Å². The van der Waals surface area contributed by atoms with Gasteiger partial charge in [-0.05, 0) is 52.0 Å². The van der Waals surface area contributed by atoms with Gasteiger partial charge in [-0.3, -0.25) is 0 Å². The van der Waals surface area contributed by atoms with Crippen molar-refractivity contribution in [2.75, 3.05) is 6.54 Å². The monoisotopic (exact) mass is 275 g/mol. The molecule has 1 saturated heterocycles. The Labute approximate surface area is 121 Å². The molecule has 1 aliphatic heterocycles. The van der Waals surface area contributed by atoms with Crippen LogP contribution >= 0.6 is 0 Å². The average molecular weight is 275 g/mol. The quantitative estimate of drug-likeness (QED) is 0.769. The van der Waals surface area contributed by atoms with Crippen molar-refractivity contribution in [3.63, 3.8) is 0 Å². The van der Waals surface area contributed by atoms with Gasteiger partial charge in [0.1, 0.15) is 5.60 Å². The van der Waals surface area contributed by atoms with Crippen LogP contribution in [0.4, 0.5) is 4.79 Å². The van der Waals surface area contributed by atoms with Gasteiger partial charge in [0, 0.05) is 12.6 Å². The molecule has 2 unspecified atom stereocenters. The lowest BCUT2D eigenvalue weighted by Crippen LogP contribution is -2.46. The number of piperidine rings is 1. The molecular formula is C17H25NO2. The van der Waals surface area contributed by atoms with E-state index < -0.39 is 5.60 Å². The first-order valence-corrected chi connectivity index (χ1v) is 7.41. The number of ether oxygens (including phenoxy) is 1. The van der Waals surface area contributed by atoms with E-state index in [0.29, 0.717) is 5.92 Å². The van der Waals surface area contributed by atoms with Crippen LogP contribution in [-0.4, -0.2) is 29.2 Å². The standard InChI is InChI=1S/C17H25NO2/c1-13-12-15(14-8-6-5-7-9-14)10-11-18(13)16(19)20-17(2,3)4/h5-9,13,15H,10-12H2,1-4H3. The van der Waals surface area contributed by atoms with Gasteiger partial charge in [0.15, 0.2) is 0 Å². The fourth-order valence-corrected chi connectivity index (χ4v) is 2.79. The second-order valence-electron chi connectivity index (χ2n) is 6.65. The second-order valence-corrected chi connectivity index (χ2v) is 6.65. The van der Waals surface area contributed by atoms with Gasteiger partial charge in [-0.2, -0.15) is 0 Å². The molecule has 1 heterocycles. The van der Waals surface area contributed by atoms with Gasteiger partial charge in [-0.15, -0.1) is 0 Å². The number of benzene rings is 1. The first-order valence-electron chi connectivity index (χ1n) is 7.41. The van der Waals surface area contributed by atoms with E-state index in [-0.39, 0.29) is 12.1 Å². The number of nitrogens with zero attached hydrogens (tertiary/aromatic N) is 1. The minimum atomic E-state index is -0.424. The topological polar surface area (TPSA) is 29.5 Å². The fourth-order valence-electron chi connectivity index (χ4n) is 2.79. The number of rotatable bonds is 1. The van der Waals surface area contributed by atoms with Crippen molar-refractivity contribution < 1.29 is 9.53 Å². The van der Waals surface area contributed by atoms with Gasteiger partial charge >= 0.3 is 6.09 Å². The highest BCUT2D eigenvalue weighted by atomic mass is 16.6. The van der Waals surface area contributed by atoms with Gasteiger partial charge in [0.2, 0.25) is 0 Å². The van der Waals surface area contributed by atoms with Crippen molar-refractivity contribution in [1.82, 2.24) is 4.90 Å². The summed E-state index contributed by atoms with van der Waals surface area (Å²) in [5, 5.41) is 0. The Balaban J connectivity index is 1.98. The lowest BCUT2D eigenvalue weighted by atomic mass is 9.86. The summed E-state index contributed by atoms with van der Waals surface area (Å²) >= 11 is 0. The van der Waals surface area contributed by atoms with Gasteiger partial charge in [0.05, 0.1) is 0 Å². The van der Waals surface area contributed by atoms with Crippen molar-refractivity contribution in [2.24, 2.45) is 0 Å². The molecule has 1 aromatic carbocycles. The van der Waals surface area contributed by atoms with Crippen LogP contribution in [0.3, 0.4) is 0 Å². The number of amides is 1. The zero-order valence-corrected chi connectivity index (χ0v) is 12.9. The highest BCUT2D eigenvalue weighted by molar-refractivity contribution is 5.68. The maximum absolute atomic E-state index is 12.2. The van der Waals surface area contributed by atoms with E-state index in [4.69, 9.17) is 4.74 Å². The van der Waals surface area contributed by atoms with Gasteiger partial charge in [-0.1, -0.05) is 30.3 Å². The summed E-state index contributed by atoms with van der Waals surface area (Å²) in [6.45, 7) is 8.61. The zero-order chi connectivity index (χ0) is 14.8. The third-order valence-corrected chi connectivity index (χ3v) is 3.78. The van der Waals surface area contributed by atoms with E-state index in [9.17, 15) is 4.79 Å². The lowest BCUT2D eigenvalue weighted by Gasteiger charge is -2.38. The normalized spacial score (nSPS) is 23.5. The molecule has 1 fully saturated rings. The zero-order valence-electron chi connectivity index (χ0n) is 12.9. The summed E-state index contributed by atoms with van der Waals surface area (Å²) < 4.78 is 5.48. The molecule has 0 radical (unpaired) electrons. The van der Waals surface area contributed by atoms with E-state index in [1.54, 1.807) is 0 Å². The minimum absolute atomic E-state index is 0.184. The Kier molecular flexibility index (Phi) is 4.36. The SMILES string of the molecule is CC1CC(c2ccccc2)CCN1C(=O)OC(C)(C)C. The molecule has 0 saturated carbocycles. The van der Waals surface area contributed by atoms with E-state index in [1.807, 2.05) is 31.7 Å². The van der Waals surface area contributed by atoms with Crippen molar-refractivity contribution in [1.29, 1.82) is 0 Å². The van der Waals surface area contributed by atoms with Gasteiger partial charge in [0.25, 0.3) is 0 Å². The van der Waals surface area contributed by atoms with Crippen LogP contribution in [0, 0.1) is 0 Å². The number of hydrogen-bond donors (Lipinski definition) is 0. The van der Waals surface area contributed by atoms with E-state index in [1.165, 1.54) is 5.56 Å². The van der Waals surface area contributed by atoms with Crippen molar-refractivity contribution in [2.45, 2.75) is 58.1 Å². The molecule has 0 bridgehead atoms. The maximum atomic E-state index is 12.2. The van der Waals surface area contributed by atoms with Crippen molar-refractivity contribution in [3.05, 3.63) is 35.9 Å². The Hall–Kier alpha value is -1.51. The summed E-state index contributed by atoms with van der Waals surface area (Å²) in [4.78, 5) is 14.0. The van der Waals surface area contributed by atoms with E-state index in [0.717, 1.165) is 19.4 Å². The third-order valence-electron chi connectivity index (χ3n) is 3.78. The van der Waals surface area contributed by atoms with E-state index >= 15 is 0 Å². The van der Waals surface area contributed by atoms with Crippen LogP contribution < -0.4 is 0 Å². The molecular weight excluding hydrogens is 250 g/mol. The van der Waals surface area contributed by atoms with Crippen LogP contribution in [-0.2, 0) is 4.74 Å². The van der Waals surface area contributed by atoms with Crippen LogP contribution in [0.25, 0.3) is 0 Å². The smallest absolute Gasteiger partial charge is 0.410 e. The highest BCUT2D eigenvalue weighted by Crippen LogP contribution is 2.32. The Morgan fingerprint density at radius 2 is 1.90 bits per heavy atom. The first-order chi connectivity index (χ1) is 9.37. The Morgan fingerprint density at radius 3 is 2.45 bits per heavy atom. The van der Waals surface area contributed by atoms with Crippen molar-refractivity contribution in [3.8, 4) is 0 Å². The molecule has 20 heavy (non-hydrogen) atoms. The Bertz CT molecular complexity index is 450. The molecule has 110 valence electrons. The fraction of sp³-hybridized carbons (Fsp3) is 0.588. The largest absolute Gasteiger partial charge is 0.444 e. The molecule has 1 aromatic rings. The number of carbonyl (C=O) groups excluding carboxylic acids is 1. The average Bonchev–Trinajstić information content (AvgIpc) is 2.37. The third kappa shape index (κ3) is 3.75. The number of hydrogen-bond acceptors (Lipinski definition) is 2.